The summed E-state index contributed by atoms with van der Waals surface area (Å²) in [7, 11) is -4.29. The van der Waals surface area contributed by atoms with Crippen LogP contribution in [-0.4, -0.2) is 31.5 Å². The van der Waals surface area contributed by atoms with Gasteiger partial charge in [-0.3, -0.25) is 0 Å². The van der Waals surface area contributed by atoms with Crippen LogP contribution in [0.4, 0.5) is 4.79 Å². The van der Waals surface area contributed by atoms with Gasteiger partial charge in [0.05, 0.1) is 6.61 Å². The van der Waals surface area contributed by atoms with Gasteiger partial charge in [-0.2, -0.15) is 0 Å². The van der Waals surface area contributed by atoms with E-state index in [0.717, 1.165) is 0 Å². The Hall–Kier alpha value is -2.38. The molecule has 0 spiro atoms. The summed E-state index contributed by atoms with van der Waals surface area (Å²) in [6.07, 6.45) is -0.716. The molecule has 0 amide bonds. The highest BCUT2D eigenvalue weighted by atomic mass is 32.2. The number of carbonyl (C=O) groups excluding carboxylic acids is 1. The van der Waals surface area contributed by atoms with Crippen molar-refractivity contribution in [2.75, 3.05) is 6.61 Å². The number of hydrogen-bond acceptors (Lipinski definition) is 6. The van der Waals surface area contributed by atoms with Gasteiger partial charge in [0.15, 0.2) is 0 Å². The quantitative estimate of drug-likeness (QED) is 0.826. The average molecular weight is 376 g/mol. The second-order valence-corrected chi connectivity index (χ2v) is 8.16. The molecule has 6 nitrogen and oxygen atoms in total. The van der Waals surface area contributed by atoms with Crippen LogP contribution in [0, 0.1) is 5.92 Å². The second kappa shape index (κ2) is 7.47. The lowest BCUT2D eigenvalue weighted by molar-refractivity contribution is 0.0578. The third-order valence-corrected chi connectivity index (χ3v) is 6.45. The lowest BCUT2D eigenvalue weighted by Gasteiger charge is -2.35. The number of benzene rings is 2. The Bertz CT molecular complexity index is 878. The van der Waals surface area contributed by atoms with Gasteiger partial charge < -0.3 is 14.6 Å². The predicted octanol–water partition coefficient (Wildman–Crippen LogP) is 2.87. The van der Waals surface area contributed by atoms with Crippen LogP contribution in [0.2, 0.25) is 0 Å². The Morgan fingerprint density at radius 2 is 1.77 bits per heavy atom. The van der Waals surface area contributed by atoms with Crippen molar-refractivity contribution in [2.24, 2.45) is 5.92 Å². The van der Waals surface area contributed by atoms with Crippen LogP contribution in [0.1, 0.15) is 23.3 Å². The molecule has 2 aromatic carbocycles. The fourth-order valence-corrected chi connectivity index (χ4v) is 4.83. The molecule has 0 saturated carbocycles. The lowest BCUT2D eigenvalue weighted by Crippen LogP contribution is -2.41. The van der Waals surface area contributed by atoms with Gasteiger partial charge in [0.1, 0.15) is 23.7 Å². The molecule has 26 heavy (non-hydrogen) atoms. The Labute approximate surface area is 152 Å². The minimum Gasteiger partial charge on any atom is -0.487 e. The Balaban J connectivity index is 1.88. The Morgan fingerprint density at radius 1 is 1.12 bits per heavy atom. The van der Waals surface area contributed by atoms with E-state index in [9.17, 15) is 18.3 Å². The van der Waals surface area contributed by atoms with Crippen molar-refractivity contribution in [3.63, 3.8) is 0 Å². The molecule has 0 aromatic heterocycles. The number of fused-ring (bicyclic) bond motifs is 1. The van der Waals surface area contributed by atoms with Crippen LogP contribution < -0.4 is 4.74 Å². The van der Waals surface area contributed by atoms with Crippen molar-refractivity contribution in [2.45, 2.75) is 24.9 Å². The summed E-state index contributed by atoms with van der Waals surface area (Å²) in [5.41, 5.74) is 1.10. The monoisotopic (exact) mass is 376 g/mol. The van der Waals surface area contributed by atoms with E-state index in [0.29, 0.717) is 16.9 Å². The number of ether oxygens (including phenoxy) is 2. The van der Waals surface area contributed by atoms with Crippen molar-refractivity contribution in [1.29, 1.82) is 0 Å². The van der Waals surface area contributed by atoms with Crippen molar-refractivity contribution in [1.82, 2.24) is 0 Å². The summed E-state index contributed by atoms with van der Waals surface area (Å²) in [6.45, 7) is 1.17. The first kappa shape index (κ1) is 18.4. The fourth-order valence-electron chi connectivity index (χ4n) is 3.13. The van der Waals surface area contributed by atoms with Crippen molar-refractivity contribution < 1.29 is 27.8 Å². The largest absolute Gasteiger partial charge is 0.487 e. The third kappa shape index (κ3) is 3.45. The van der Waals surface area contributed by atoms with E-state index in [1.807, 2.05) is 6.07 Å². The predicted molar refractivity (Wildman–Crippen MR) is 95.4 cm³/mol. The van der Waals surface area contributed by atoms with Gasteiger partial charge in [0.2, 0.25) is 0 Å². The zero-order valence-corrected chi connectivity index (χ0v) is 15.1. The molecule has 7 heteroatoms. The zero-order valence-electron chi connectivity index (χ0n) is 14.2. The number of aliphatic hydroxyl groups is 1. The first-order valence-corrected chi connectivity index (χ1v) is 9.80. The van der Waals surface area contributed by atoms with Crippen molar-refractivity contribution in [3.8, 4) is 5.75 Å². The molecule has 3 atom stereocenters. The molecule has 0 aliphatic carbocycles. The maximum atomic E-state index is 12.9. The van der Waals surface area contributed by atoms with Crippen molar-refractivity contribution in [3.05, 3.63) is 65.7 Å². The molecule has 0 radical (unpaired) electrons. The Kier molecular flexibility index (Phi) is 5.29. The van der Waals surface area contributed by atoms with E-state index in [2.05, 4.69) is 0 Å². The summed E-state index contributed by atoms with van der Waals surface area (Å²) >= 11 is 0. The molecular weight excluding hydrogens is 356 g/mol. The molecule has 1 aliphatic heterocycles. The summed E-state index contributed by atoms with van der Waals surface area (Å²) in [5, 5.41) is 7.12. The van der Waals surface area contributed by atoms with Gasteiger partial charge in [-0.15, -0.1) is 0 Å². The third-order valence-electron chi connectivity index (χ3n) is 4.51. The first-order valence-electron chi connectivity index (χ1n) is 8.26. The zero-order chi connectivity index (χ0) is 18.7. The van der Waals surface area contributed by atoms with Crippen LogP contribution in [-0.2, 0) is 21.2 Å². The van der Waals surface area contributed by atoms with E-state index in [-0.39, 0.29) is 13.2 Å². The lowest BCUT2D eigenvalue weighted by atomic mass is 9.92. The maximum Gasteiger partial charge on any atom is 0.425 e. The molecule has 0 bridgehead atoms. The minimum absolute atomic E-state index is 0.123. The van der Waals surface area contributed by atoms with Gasteiger partial charge in [-0.05, 0) is 11.6 Å². The van der Waals surface area contributed by atoms with Gasteiger partial charge in [0.25, 0.3) is 9.84 Å². The topological polar surface area (TPSA) is 89.9 Å². The first-order chi connectivity index (χ1) is 12.4. The molecule has 0 saturated heterocycles. The van der Waals surface area contributed by atoms with Gasteiger partial charge in [-0.25, -0.2) is 13.2 Å². The molecular formula is C19H20O6S. The van der Waals surface area contributed by atoms with Gasteiger partial charge in [0, 0.05) is 11.5 Å². The number of para-hydroxylation sites is 1. The van der Waals surface area contributed by atoms with E-state index in [1.54, 1.807) is 55.5 Å². The Morgan fingerprint density at radius 3 is 2.46 bits per heavy atom. The summed E-state index contributed by atoms with van der Waals surface area (Å²) in [6, 6.07) is 15.5. The van der Waals surface area contributed by atoms with Crippen LogP contribution >= 0.6 is 0 Å². The molecule has 1 aliphatic rings. The van der Waals surface area contributed by atoms with E-state index in [4.69, 9.17) is 9.47 Å². The molecule has 3 rings (SSSR count). The second-order valence-electron chi connectivity index (χ2n) is 6.23. The van der Waals surface area contributed by atoms with Gasteiger partial charge >= 0.3 is 5.30 Å². The maximum absolute atomic E-state index is 12.9. The molecule has 0 fully saturated rings. The standard InChI is InChI=1S/C19H20O6S/c1-13-17(11-20)25-16-10-6-5-9-15(16)18(13)26(22,23)19(21)24-12-14-7-3-2-4-8-14/h2-10,13,17-18,20H,11-12H2,1H3/t13-,17+,18?/m1/s1. The van der Waals surface area contributed by atoms with E-state index >= 15 is 0 Å². The fraction of sp³-hybridized carbons (Fsp3) is 0.316. The van der Waals surface area contributed by atoms with Crippen LogP contribution in [0.15, 0.2) is 54.6 Å². The smallest absolute Gasteiger partial charge is 0.425 e. The van der Waals surface area contributed by atoms with Crippen LogP contribution in [0.5, 0.6) is 5.75 Å². The highest BCUT2D eigenvalue weighted by molar-refractivity contribution is 8.05. The highest BCUT2D eigenvalue weighted by Crippen LogP contribution is 2.43. The summed E-state index contributed by atoms with van der Waals surface area (Å²) in [4.78, 5) is 12.4. The van der Waals surface area contributed by atoms with E-state index in [1.165, 1.54) is 0 Å². The average Bonchev–Trinajstić information content (AvgIpc) is 2.66. The summed E-state index contributed by atoms with van der Waals surface area (Å²) in [5.74, 6) is -0.252. The number of sulfone groups is 1. The molecule has 2 aromatic rings. The number of rotatable bonds is 4. The number of carbonyl (C=O) groups is 1. The molecule has 1 heterocycles. The van der Waals surface area contributed by atoms with Gasteiger partial charge in [-0.1, -0.05) is 55.5 Å². The molecule has 1 unspecified atom stereocenters. The SMILES string of the molecule is C[C@H]1C(S(=O)(=O)C(=O)OCc2ccccc2)c2ccccc2O[C@H]1CO. The molecule has 138 valence electrons. The number of hydrogen-bond donors (Lipinski definition) is 1. The van der Waals surface area contributed by atoms with E-state index < -0.39 is 32.4 Å². The highest BCUT2D eigenvalue weighted by Gasteiger charge is 2.46. The molecule has 1 N–H and O–H groups in total. The van der Waals surface area contributed by atoms with Crippen LogP contribution in [0.3, 0.4) is 0 Å². The minimum atomic E-state index is -4.29. The van der Waals surface area contributed by atoms with Crippen molar-refractivity contribution >= 4 is 15.1 Å². The summed E-state index contributed by atoms with van der Waals surface area (Å²) < 4.78 is 36.6. The van der Waals surface area contributed by atoms with Crippen LogP contribution in [0.25, 0.3) is 0 Å². The number of aliphatic hydroxyl groups excluding tert-OH is 1. The normalized spacial score (nSPS) is 22.2.